The van der Waals surface area contributed by atoms with Gasteiger partial charge in [0.2, 0.25) is 0 Å². The number of benzene rings is 1. The van der Waals surface area contributed by atoms with Crippen molar-refractivity contribution in [3.63, 3.8) is 0 Å². The normalized spacial score (nSPS) is 17.0. The summed E-state index contributed by atoms with van der Waals surface area (Å²) in [5.74, 6) is 0.709. The van der Waals surface area contributed by atoms with E-state index >= 15 is 0 Å². The molecule has 3 N–H and O–H groups in total. The van der Waals surface area contributed by atoms with Crippen molar-refractivity contribution in [3.05, 3.63) is 24.3 Å². The summed E-state index contributed by atoms with van der Waals surface area (Å²) >= 11 is 0. The van der Waals surface area contributed by atoms with Gasteiger partial charge in [0.1, 0.15) is 5.75 Å². The summed E-state index contributed by atoms with van der Waals surface area (Å²) in [4.78, 5) is 15.5. The Hall–Kier alpha value is -1.83. The summed E-state index contributed by atoms with van der Waals surface area (Å²) < 4.78 is 5.06. The molecule has 1 aliphatic heterocycles. The van der Waals surface area contributed by atoms with E-state index in [1.54, 1.807) is 38.4 Å². The highest BCUT2D eigenvalue weighted by Gasteiger charge is 2.25. The molecule has 0 spiro atoms. The maximum absolute atomic E-state index is 12.1. The van der Waals surface area contributed by atoms with Gasteiger partial charge in [0.15, 0.2) is 0 Å². The number of amides is 2. The van der Waals surface area contributed by atoms with Crippen LogP contribution in [0.4, 0.5) is 10.5 Å². The number of aliphatic hydroxyl groups is 2. The van der Waals surface area contributed by atoms with Crippen molar-refractivity contribution in [2.75, 3.05) is 45.7 Å². The van der Waals surface area contributed by atoms with Gasteiger partial charge in [-0.25, -0.2) is 4.79 Å². The minimum absolute atomic E-state index is 0.0665. The molecule has 7 nitrogen and oxygen atoms in total. The highest BCUT2D eigenvalue weighted by atomic mass is 16.5. The molecule has 1 fully saturated rings. The summed E-state index contributed by atoms with van der Waals surface area (Å²) in [5, 5.41) is 22.7. The van der Waals surface area contributed by atoms with Crippen LogP contribution in [0.2, 0.25) is 0 Å². The molecule has 0 bridgehead atoms. The summed E-state index contributed by atoms with van der Waals surface area (Å²) in [5.41, 5.74) is 0.637. The van der Waals surface area contributed by atoms with Crippen molar-refractivity contribution in [2.24, 2.45) is 0 Å². The van der Waals surface area contributed by atoms with Crippen molar-refractivity contribution >= 4 is 11.7 Å². The van der Waals surface area contributed by atoms with Gasteiger partial charge >= 0.3 is 6.03 Å². The average molecular weight is 323 g/mol. The van der Waals surface area contributed by atoms with Gasteiger partial charge < -0.3 is 30.1 Å². The number of likely N-dealkylation sites (N-methyl/N-ethyl adjacent to an activating group) is 1. The minimum Gasteiger partial charge on any atom is -0.497 e. The first-order chi connectivity index (χ1) is 11.0. The first-order valence-electron chi connectivity index (χ1n) is 7.74. The lowest BCUT2D eigenvalue weighted by atomic mass is 10.1. The van der Waals surface area contributed by atoms with E-state index in [1.807, 2.05) is 0 Å². The van der Waals surface area contributed by atoms with E-state index < -0.39 is 12.2 Å². The number of urea groups is 1. The van der Waals surface area contributed by atoms with Crippen molar-refractivity contribution < 1.29 is 19.7 Å². The number of nitrogens with one attached hydrogen (secondary N) is 1. The molecule has 1 aliphatic rings. The van der Waals surface area contributed by atoms with Gasteiger partial charge in [-0.2, -0.15) is 0 Å². The van der Waals surface area contributed by atoms with Crippen LogP contribution in [0.1, 0.15) is 6.42 Å². The number of methoxy groups -OCH3 is 1. The number of rotatable bonds is 7. The van der Waals surface area contributed by atoms with Gasteiger partial charge in [-0.1, -0.05) is 0 Å². The lowest BCUT2D eigenvalue weighted by molar-refractivity contribution is -0.0210. The summed E-state index contributed by atoms with van der Waals surface area (Å²) in [7, 11) is 3.16. The summed E-state index contributed by atoms with van der Waals surface area (Å²) in [6.07, 6.45) is -0.693. The van der Waals surface area contributed by atoms with Crippen LogP contribution in [-0.2, 0) is 0 Å². The van der Waals surface area contributed by atoms with Crippen LogP contribution in [0.3, 0.4) is 0 Å². The molecular formula is C16H25N3O4. The molecule has 1 heterocycles. The number of aliphatic hydroxyl groups excluding tert-OH is 2. The fourth-order valence-corrected chi connectivity index (χ4v) is 2.33. The van der Waals surface area contributed by atoms with E-state index in [0.717, 1.165) is 19.5 Å². The molecule has 2 rings (SSSR count). The minimum atomic E-state index is -0.970. The highest BCUT2D eigenvalue weighted by Crippen LogP contribution is 2.15. The van der Waals surface area contributed by atoms with Crippen molar-refractivity contribution in [1.82, 2.24) is 9.80 Å². The Balaban J connectivity index is 1.78. The first kappa shape index (κ1) is 17.5. The number of likely N-dealkylation sites (tertiary alicyclic amines) is 1. The Bertz CT molecular complexity index is 505. The standard InChI is InChI=1S/C16H25N3O4/c1-18(10-14(20)15(21)11-19-8-3-9-19)16(22)17-12-4-6-13(23-2)7-5-12/h4-7,14-15,20-21H,3,8-11H2,1-2H3,(H,17,22)/t14-,15?/m1/s1. The van der Waals surface area contributed by atoms with Crippen LogP contribution < -0.4 is 10.1 Å². The second kappa shape index (κ2) is 8.14. The molecular weight excluding hydrogens is 298 g/mol. The smallest absolute Gasteiger partial charge is 0.321 e. The quantitative estimate of drug-likeness (QED) is 0.684. The van der Waals surface area contributed by atoms with E-state index in [2.05, 4.69) is 10.2 Å². The number of hydrogen-bond donors (Lipinski definition) is 3. The van der Waals surface area contributed by atoms with Crippen LogP contribution in [0.15, 0.2) is 24.3 Å². The third-order valence-electron chi connectivity index (χ3n) is 3.99. The lowest BCUT2D eigenvalue weighted by Crippen LogP contribution is -2.49. The van der Waals surface area contributed by atoms with E-state index in [-0.39, 0.29) is 12.6 Å². The van der Waals surface area contributed by atoms with Gasteiger partial charge in [-0.05, 0) is 43.8 Å². The summed E-state index contributed by atoms with van der Waals surface area (Å²) in [6.45, 7) is 2.42. The number of nitrogens with zero attached hydrogens (tertiary/aromatic N) is 2. The molecule has 0 aliphatic carbocycles. The second-order valence-electron chi connectivity index (χ2n) is 5.83. The molecule has 0 saturated carbocycles. The molecule has 1 aromatic carbocycles. The predicted octanol–water partition coefficient (Wildman–Crippen LogP) is 0.586. The zero-order valence-corrected chi connectivity index (χ0v) is 13.6. The number of carbonyl (C=O) groups excluding carboxylic acids is 1. The predicted molar refractivity (Wildman–Crippen MR) is 87.7 cm³/mol. The zero-order chi connectivity index (χ0) is 16.8. The molecule has 0 radical (unpaired) electrons. The molecule has 0 aromatic heterocycles. The van der Waals surface area contributed by atoms with Crippen LogP contribution in [-0.4, -0.2) is 78.6 Å². The fourth-order valence-electron chi connectivity index (χ4n) is 2.33. The van der Waals surface area contributed by atoms with E-state index in [9.17, 15) is 15.0 Å². The Labute approximate surface area is 136 Å². The molecule has 2 atom stereocenters. The topological polar surface area (TPSA) is 85.3 Å². The van der Waals surface area contributed by atoms with E-state index in [4.69, 9.17) is 4.74 Å². The van der Waals surface area contributed by atoms with E-state index in [0.29, 0.717) is 18.0 Å². The zero-order valence-electron chi connectivity index (χ0n) is 13.6. The molecule has 23 heavy (non-hydrogen) atoms. The van der Waals surface area contributed by atoms with Gasteiger partial charge in [-0.15, -0.1) is 0 Å². The van der Waals surface area contributed by atoms with Gasteiger partial charge in [0.05, 0.1) is 25.9 Å². The van der Waals surface area contributed by atoms with Crippen LogP contribution in [0, 0.1) is 0 Å². The maximum Gasteiger partial charge on any atom is 0.321 e. The highest BCUT2D eigenvalue weighted by molar-refractivity contribution is 5.89. The number of carbonyl (C=O) groups is 1. The van der Waals surface area contributed by atoms with Gasteiger partial charge in [0, 0.05) is 19.3 Å². The third-order valence-corrected chi connectivity index (χ3v) is 3.99. The number of hydrogen-bond acceptors (Lipinski definition) is 5. The Morgan fingerprint density at radius 2 is 1.96 bits per heavy atom. The average Bonchev–Trinajstić information content (AvgIpc) is 2.51. The largest absolute Gasteiger partial charge is 0.497 e. The Morgan fingerprint density at radius 3 is 2.48 bits per heavy atom. The molecule has 7 heteroatoms. The molecule has 2 amide bonds. The number of β-amino-alcohol motifs (C(OH)–C–C–N with tert-alkyl or cyclic N) is 1. The SMILES string of the molecule is COc1ccc(NC(=O)N(C)C[C@@H](O)C(O)CN2CCC2)cc1. The van der Waals surface area contributed by atoms with Crippen LogP contribution >= 0.6 is 0 Å². The molecule has 1 saturated heterocycles. The van der Waals surface area contributed by atoms with Crippen LogP contribution in [0.25, 0.3) is 0 Å². The van der Waals surface area contributed by atoms with Crippen molar-refractivity contribution in [2.45, 2.75) is 18.6 Å². The monoisotopic (exact) mass is 323 g/mol. The lowest BCUT2D eigenvalue weighted by Gasteiger charge is -2.34. The van der Waals surface area contributed by atoms with E-state index in [1.165, 1.54) is 4.90 Å². The number of anilines is 1. The van der Waals surface area contributed by atoms with Crippen molar-refractivity contribution in [1.29, 1.82) is 0 Å². The van der Waals surface area contributed by atoms with Crippen molar-refractivity contribution in [3.8, 4) is 5.75 Å². The molecule has 1 aromatic rings. The van der Waals surface area contributed by atoms with Crippen LogP contribution in [0.5, 0.6) is 5.75 Å². The second-order valence-corrected chi connectivity index (χ2v) is 5.83. The maximum atomic E-state index is 12.1. The van der Waals surface area contributed by atoms with Gasteiger partial charge in [0.25, 0.3) is 0 Å². The first-order valence-corrected chi connectivity index (χ1v) is 7.74. The molecule has 1 unspecified atom stereocenters. The van der Waals surface area contributed by atoms with Gasteiger partial charge in [-0.3, -0.25) is 0 Å². The third kappa shape index (κ3) is 5.09. The number of ether oxygens (including phenoxy) is 1. The molecule has 128 valence electrons. The Morgan fingerprint density at radius 1 is 1.30 bits per heavy atom. The Kier molecular flexibility index (Phi) is 6.20. The summed E-state index contributed by atoms with van der Waals surface area (Å²) in [6, 6.07) is 6.63. The fraction of sp³-hybridized carbons (Fsp3) is 0.562.